The number of carbonyl (C=O) groups is 1. The quantitative estimate of drug-likeness (QED) is 0.734. The monoisotopic (exact) mass is 348 g/mol. The van der Waals surface area contributed by atoms with Crippen LogP contribution < -0.4 is 10.5 Å². The maximum Gasteiger partial charge on any atom is 0.240 e. The van der Waals surface area contributed by atoms with E-state index in [1.807, 2.05) is 13.0 Å². The van der Waals surface area contributed by atoms with Gasteiger partial charge in [-0.3, -0.25) is 4.79 Å². The normalized spacial score (nSPS) is 11.5. The van der Waals surface area contributed by atoms with Gasteiger partial charge >= 0.3 is 0 Å². The molecule has 5 nitrogen and oxygen atoms in total. The second-order valence-electron chi connectivity index (χ2n) is 4.29. The number of benzene rings is 1. The van der Waals surface area contributed by atoms with Crippen LogP contribution in [0.1, 0.15) is 24.8 Å². The molecule has 1 amide bonds. The second kappa shape index (κ2) is 7.02. The Morgan fingerprint density at radius 3 is 2.58 bits per heavy atom. The van der Waals surface area contributed by atoms with Crippen molar-refractivity contribution in [2.45, 2.75) is 31.1 Å². The molecule has 0 aliphatic heterocycles. The average molecular weight is 349 g/mol. The number of primary amides is 1. The Bertz CT molecular complexity index is 538. The van der Waals surface area contributed by atoms with E-state index in [9.17, 15) is 13.2 Å². The highest BCUT2D eigenvalue weighted by atomic mass is 79.9. The highest BCUT2D eigenvalue weighted by molar-refractivity contribution is 9.10. The number of nitrogens with one attached hydrogen (secondary N) is 1. The molecule has 19 heavy (non-hydrogen) atoms. The van der Waals surface area contributed by atoms with Gasteiger partial charge in [0.05, 0.1) is 4.90 Å². The standard InChI is InChI=1S/C12H17BrN2O3S/c1-9-6-10(13)8-11(7-9)19(17,18)15-5-3-2-4-12(14)16/h6-8,15H,2-5H2,1H3,(H2,14,16). The van der Waals surface area contributed by atoms with Gasteiger partial charge in [0.25, 0.3) is 0 Å². The summed E-state index contributed by atoms with van der Waals surface area (Å²) in [4.78, 5) is 10.8. The maximum atomic E-state index is 12.0. The van der Waals surface area contributed by atoms with Gasteiger partial charge in [-0.25, -0.2) is 13.1 Å². The minimum atomic E-state index is -3.50. The summed E-state index contributed by atoms with van der Waals surface area (Å²) in [6.45, 7) is 2.12. The number of sulfonamides is 1. The molecule has 0 bridgehead atoms. The largest absolute Gasteiger partial charge is 0.370 e. The number of nitrogens with two attached hydrogens (primary N) is 1. The van der Waals surface area contributed by atoms with Crippen molar-refractivity contribution in [1.82, 2.24) is 4.72 Å². The van der Waals surface area contributed by atoms with Crippen LogP contribution in [0.3, 0.4) is 0 Å². The molecule has 0 unspecified atom stereocenters. The van der Waals surface area contributed by atoms with Crippen LogP contribution in [-0.4, -0.2) is 20.9 Å². The van der Waals surface area contributed by atoms with Crippen LogP contribution in [0.4, 0.5) is 0 Å². The predicted molar refractivity (Wildman–Crippen MR) is 77.1 cm³/mol. The van der Waals surface area contributed by atoms with Crippen molar-refractivity contribution in [3.63, 3.8) is 0 Å². The fraction of sp³-hybridized carbons (Fsp3) is 0.417. The zero-order valence-corrected chi connectivity index (χ0v) is 13.1. The van der Waals surface area contributed by atoms with E-state index in [0.29, 0.717) is 19.4 Å². The molecule has 0 atom stereocenters. The van der Waals surface area contributed by atoms with Gasteiger partial charge in [0.2, 0.25) is 15.9 Å². The summed E-state index contributed by atoms with van der Waals surface area (Å²) in [6, 6.07) is 5.00. The first kappa shape index (κ1) is 16.1. The number of rotatable bonds is 7. The third kappa shape index (κ3) is 5.71. The lowest BCUT2D eigenvalue weighted by molar-refractivity contribution is -0.118. The van der Waals surface area contributed by atoms with Crippen LogP contribution in [0, 0.1) is 6.92 Å². The molecule has 0 aliphatic rings. The summed E-state index contributed by atoms with van der Waals surface area (Å²) in [6.07, 6.45) is 1.43. The number of aryl methyl sites for hydroxylation is 1. The lowest BCUT2D eigenvalue weighted by atomic mass is 10.2. The van der Waals surface area contributed by atoms with Crippen molar-refractivity contribution in [2.24, 2.45) is 5.73 Å². The number of unbranched alkanes of at least 4 members (excludes halogenated alkanes) is 1. The van der Waals surface area contributed by atoms with Crippen LogP contribution in [0.2, 0.25) is 0 Å². The predicted octanol–water partition coefficient (Wildman–Crippen LogP) is 1.69. The Labute approximate surface area is 121 Å². The number of amides is 1. The fourth-order valence-electron chi connectivity index (χ4n) is 1.57. The lowest BCUT2D eigenvalue weighted by Crippen LogP contribution is -2.25. The van der Waals surface area contributed by atoms with Crippen molar-refractivity contribution >= 4 is 31.9 Å². The molecule has 0 aromatic heterocycles. The van der Waals surface area contributed by atoms with E-state index in [-0.39, 0.29) is 17.2 Å². The first-order valence-corrected chi connectivity index (χ1v) is 8.14. The first-order valence-electron chi connectivity index (χ1n) is 5.86. The molecular formula is C12H17BrN2O3S. The molecule has 7 heteroatoms. The molecule has 106 valence electrons. The van der Waals surface area contributed by atoms with E-state index >= 15 is 0 Å². The van der Waals surface area contributed by atoms with Gasteiger partial charge in [-0.2, -0.15) is 0 Å². The second-order valence-corrected chi connectivity index (χ2v) is 6.97. The molecule has 0 radical (unpaired) electrons. The topological polar surface area (TPSA) is 89.3 Å². The number of hydrogen-bond donors (Lipinski definition) is 2. The number of hydrogen-bond acceptors (Lipinski definition) is 3. The Morgan fingerprint density at radius 1 is 1.32 bits per heavy atom. The van der Waals surface area contributed by atoms with E-state index in [4.69, 9.17) is 5.73 Å². The highest BCUT2D eigenvalue weighted by Crippen LogP contribution is 2.18. The molecular weight excluding hydrogens is 332 g/mol. The van der Waals surface area contributed by atoms with Crippen molar-refractivity contribution < 1.29 is 13.2 Å². The Balaban J connectivity index is 2.58. The summed E-state index contributed by atoms with van der Waals surface area (Å²) in [5.74, 6) is -0.370. The third-order valence-corrected chi connectivity index (χ3v) is 4.37. The highest BCUT2D eigenvalue weighted by Gasteiger charge is 2.14. The summed E-state index contributed by atoms with van der Waals surface area (Å²) < 4.78 is 27.2. The third-order valence-electron chi connectivity index (χ3n) is 2.47. The van der Waals surface area contributed by atoms with Gasteiger partial charge in [0.1, 0.15) is 0 Å². The number of carbonyl (C=O) groups excluding carboxylic acids is 1. The van der Waals surface area contributed by atoms with E-state index in [1.54, 1.807) is 12.1 Å². The van der Waals surface area contributed by atoms with Gasteiger partial charge in [0.15, 0.2) is 0 Å². The van der Waals surface area contributed by atoms with Crippen molar-refractivity contribution in [3.8, 4) is 0 Å². The van der Waals surface area contributed by atoms with Gasteiger partial charge in [0, 0.05) is 17.4 Å². The fourth-order valence-corrected chi connectivity index (χ4v) is 3.53. The molecule has 0 spiro atoms. The Kier molecular flexibility index (Phi) is 5.96. The van der Waals surface area contributed by atoms with Gasteiger partial charge in [-0.05, 0) is 43.5 Å². The van der Waals surface area contributed by atoms with Gasteiger partial charge in [-0.1, -0.05) is 15.9 Å². The van der Waals surface area contributed by atoms with Crippen molar-refractivity contribution in [3.05, 3.63) is 28.2 Å². The molecule has 0 fully saturated rings. The summed E-state index contributed by atoms with van der Waals surface area (Å²) in [5, 5.41) is 0. The van der Waals surface area contributed by atoms with E-state index < -0.39 is 10.0 Å². The average Bonchev–Trinajstić information content (AvgIpc) is 2.26. The van der Waals surface area contributed by atoms with Crippen LogP contribution in [0.25, 0.3) is 0 Å². The zero-order valence-electron chi connectivity index (χ0n) is 10.6. The van der Waals surface area contributed by atoms with Crippen LogP contribution in [-0.2, 0) is 14.8 Å². The smallest absolute Gasteiger partial charge is 0.240 e. The van der Waals surface area contributed by atoms with Gasteiger partial charge in [-0.15, -0.1) is 0 Å². The maximum absolute atomic E-state index is 12.0. The Hall–Kier alpha value is -0.920. The summed E-state index contributed by atoms with van der Waals surface area (Å²) >= 11 is 3.27. The number of halogens is 1. The molecule has 0 aliphatic carbocycles. The molecule has 1 rings (SSSR count). The van der Waals surface area contributed by atoms with E-state index in [2.05, 4.69) is 20.7 Å². The summed E-state index contributed by atoms with van der Waals surface area (Å²) in [7, 11) is -3.50. The zero-order chi connectivity index (χ0) is 14.5. The minimum absolute atomic E-state index is 0.231. The molecule has 1 aromatic rings. The van der Waals surface area contributed by atoms with Crippen LogP contribution in [0.5, 0.6) is 0 Å². The Morgan fingerprint density at radius 2 is 2.00 bits per heavy atom. The molecule has 0 heterocycles. The van der Waals surface area contributed by atoms with Crippen molar-refractivity contribution in [2.75, 3.05) is 6.54 Å². The molecule has 0 saturated heterocycles. The van der Waals surface area contributed by atoms with Gasteiger partial charge < -0.3 is 5.73 Å². The first-order chi connectivity index (χ1) is 8.81. The molecule has 3 N–H and O–H groups in total. The van der Waals surface area contributed by atoms with E-state index in [0.717, 1.165) is 10.0 Å². The molecule has 1 aromatic carbocycles. The van der Waals surface area contributed by atoms with Crippen molar-refractivity contribution in [1.29, 1.82) is 0 Å². The van der Waals surface area contributed by atoms with Crippen LogP contribution >= 0.6 is 15.9 Å². The van der Waals surface area contributed by atoms with Crippen LogP contribution in [0.15, 0.2) is 27.6 Å². The van der Waals surface area contributed by atoms with E-state index in [1.165, 1.54) is 0 Å². The SMILES string of the molecule is Cc1cc(Br)cc(S(=O)(=O)NCCCCC(N)=O)c1. The lowest BCUT2D eigenvalue weighted by Gasteiger charge is -2.08. The molecule has 0 saturated carbocycles. The summed E-state index contributed by atoms with van der Waals surface area (Å²) in [5.41, 5.74) is 5.87. The minimum Gasteiger partial charge on any atom is -0.370 e.